The predicted molar refractivity (Wildman–Crippen MR) is 74.1 cm³/mol. The monoisotopic (exact) mass is 230 g/mol. The summed E-state index contributed by atoms with van der Waals surface area (Å²) in [6.45, 7) is 11.4. The number of benzene rings is 1. The van der Waals surface area contributed by atoms with Crippen LogP contribution in [0.5, 0.6) is 0 Å². The normalized spacial score (nSPS) is 11.9. The van der Waals surface area contributed by atoms with Crippen molar-refractivity contribution >= 4 is 0 Å². The second kappa shape index (κ2) is 7.08. The highest BCUT2D eigenvalue weighted by Crippen LogP contribution is 2.15. The van der Waals surface area contributed by atoms with Crippen LogP contribution in [0.25, 0.3) is 0 Å². The van der Waals surface area contributed by atoms with Gasteiger partial charge >= 0.3 is 0 Å². The van der Waals surface area contributed by atoms with Gasteiger partial charge in [-0.2, -0.15) is 0 Å². The molecule has 17 heavy (non-hydrogen) atoms. The van der Waals surface area contributed by atoms with Gasteiger partial charge in [0.25, 0.3) is 0 Å². The molecule has 0 heterocycles. The Morgan fingerprint density at radius 3 is 2.47 bits per heavy atom. The molecule has 0 radical (unpaired) electrons. The molecule has 0 amide bonds. The van der Waals surface area contributed by atoms with E-state index in [0.29, 0.717) is 19.1 Å². The van der Waals surface area contributed by atoms with Gasteiger partial charge in [-0.25, -0.2) is 0 Å². The first-order chi connectivity index (χ1) is 8.13. The topological polar surface area (TPSA) is 9.23 Å². The van der Waals surface area contributed by atoms with Crippen LogP contribution in [-0.4, -0.2) is 6.61 Å². The molecular weight excluding hydrogens is 208 g/mol. The highest BCUT2D eigenvalue weighted by molar-refractivity contribution is 5.24. The summed E-state index contributed by atoms with van der Waals surface area (Å²) in [5.74, 6) is 0.586. The summed E-state index contributed by atoms with van der Waals surface area (Å²) in [7, 11) is 0. The van der Waals surface area contributed by atoms with Crippen molar-refractivity contribution in [1.82, 2.24) is 0 Å². The van der Waals surface area contributed by atoms with Gasteiger partial charge in [-0.1, -0.05) is 56.8 Å². The van der Waals surface area contributed by atoms with Crippen LogP contribution in [0.4, 0.5) is 0 Å². The summed E-state index contributed by atoms with van der Waals surface area (Å²) >= 11 is 0. The van der Waals surface area contributed by atoms with Crippen molar-refractivity contribution in [3.05, 3.63) is 59.7 Å². The highest BCUT2D eigenvalue weighted by Gasteiger charge is 1.99. The molecule has 0 aliphatic heterocycles. The molecule has 0 aliphatic carbocycles. The van der Waals surface area contributed by atoms with E-state index >= 15 is 0 Å². The van der Waals surface area contributed by atoms with E-state index in [9.17, 15) is 0 Å². The lowest BCUT2D eigenvalue weighted by Crippen LogP contribution is -1.97. The quantitative estimate of drug-likeness (QED) is 0.656. The zero-order valence-corrected chi connectivity index (χ0v) is 11.1. The summed E-state index contributed by atoms with van der Waals surface area (Å²) in [4.78, 5) is 0. The van der Waals surface area contributed by atoms with E-state index in [4.69, 9.17) is 4.74 Å². The van der Waals surface area contributed by atoms with Gasteiger partial charge in [-0.15, -0.1) is 0 Å². The van der Waals surface area contributed by atoms with Crippen LogP contribution >= 0.6 is 0 Å². The molecule has 0 atom stereocenters. The van der Waals surface area contributed by atoms with Crippen LogP contribution < -0.4 is 0 Å². The Balaban J connectivity index is 2.42. The average molecular weight is 230 g/mol. The van der Waals surface area contributed by atoms with E-state index < -0.39 is 0 Å². The van der Waals surface area contributed by atoms with Crippen molar-refractivity contribution in [2.45, 2.75) is 33.3 Å². The highest BCUT2D eigenvalue weighted by atomic mass is 16.5. The lowest BCUT2D eigenvalue weighted by Gasteiger charge is -2.07. The van der Waals surface area contributed by atoms with Crippen LogP contribution in [0.3, 0.4) is 0 Å². The molecule has 0 N–H and O–H groups in total. The Morgan fingerprint density at radius 2 is 1.94 bits per heavy atom. The maximum absolute atomic E-state index is 5.62. The van der Waals surface area contributed by atoms with E-state index in [-0.39, 0.29) is 0 Å². The van der Waals surface area contributed by atoms with E-state index in [0.717, 1.165) is 0 Å². The van der Waals surface area contributed by atoms with Crippen LogP contribution in [0.1, 0.15) is 37.8 Å². The molecule has 0 fully saturated rings. The first-order valence-electron chi connectivity index (χ1n) is 6.08. The first-order valence-corrected chi connectivity index (χ1v) is 6.08. The Kier molecular flexibility index (Phi) is 5.71. The lowest BCUT2D eigenvalue weighted by molar-refractivity contribution is 0.142. The van der Waals surface area contributed by atoms with Gasteiger partial charge in [0.15, 0.2) is 0 Å². The van der Waals surface area contributed by atoms with Crippen molar-refractivity contribution in [2.24, 2.45) is 0 Å². The number of allylic oxidation sites excluding steroid dienone is 2. The Bertz CT molecular complexity index is 371. The summed E-state index contributed by atoms with van der Waals surface area (Å²) in [6.07, 6.45) is 3.76. The largest absolute Gasteiger partial charge is 0.372 e. The van der Waals surface area contributed by atoms with Gasteiger partial charge in [-0.05, 0) is 29.5 Å². The molecule has 1 nitrogen and oxygen atoms in total. The van der Waals surface area contributed by atoms with Crippen molar-refractivity contribution in [3.63, 3.8) is 0 Å². The standard InChI is InChI=1S/C16H22O/c1-5-6-14(4)11-17-12-15-7-9-16(10-8-15)13(2)3/h5-10,13H,1,11-12H2,2-4H3/b14-6+. The molecule has 0 aromatic heterocycles. The zero-order chi connectivity index (χ0) is 12.7. The van der Waals surface area contributed by atoms with Gasteiger partial charge < -0.3 is 4.74 Å². The van der Waals surface area contributed by atoms with Crippen LogP contribution in [0, 0.1) is 0 Å². The number of rotatable bonds is 6. The van der Waals surface area contributed by atoms with Crippen LogP contribution in [0.15, 0.2) is 48.6 Å². The first kappa shape index (κ1) is 13.7. The van der Waals surface area contributed by atoms with Crippen molar-refractivity contribution < 1.29 is 4.74 Å². The number of hydrogen-bond acceptors (Lipinski definition) is 1. The smallest absolute Gasteiger partial charge is 0.0721 e. The minimum absolute atomic E-state index is 0.586. The SMILES string of the molecule is C=C/C=C(\C)COCc1ccc(C(C)C)cc1. The molecule has 1 heteroatoms. The second-order valence-electron chi connectivity index (χ2n) is 4.64. The van der Waals surface area contributed by atoms with Crippen molar-refractivity contribution in [1.29, 1.82) is 0 Å². The van der Waals surface area contributed by atoms with Gasteiger partial charge in [0.2, 0.25) is 0 Å². The molecule has 92 valence electrons. The Labute approximate surface area is 105 Å². The van der Waals surface area contributed by atoms with Gasteiger partial charge in [-0.3, -0.25) is 0 Å². The molecule has 0 aliphatic rings. The van der Waals surface area contributed by atoms with Crippen LogP contribution in [0.2, 0.25) is 0 Å². The second-order valence-corrected chi connectivity index (χ2v) is 4.64. The minimum atomic E-state index is 0.586. The zero-order valence-electron chi connectivity index (χ0n) is 11.1. The van der Waals surface area contributed by atoms with E-state index in [1.54, 1.807) is 6.08 Å². The fourth-order valence-corrected chi connectivity index (χ4v) is 1.58. The molecule has 1 rings (SSSR count). The summed E-state index contributed by atoms with van der Waals surface area (Å²) in [5.41, 5.74) is 3.79. The molecule has 0 bridgehead atoms. The summed E-state index contributed by atoms with van der Waals surface area (Å²) in [5, 5.41) is 0. The molecule has 1 aromatic rings. The molecule has 1 aromatic carbocycles. The Hall–Kier alpha value is -1.34. The average Bonchev–Trinajstić information content (AvgIpc) is 2.30. The molecule has 0 saturated heterocycles. The number of hydrogen-bond donors (Lipinski definition) is 0. The van der Waals surface area contributed by atoms with E-state index in [1.165, 1.54) is 16.7 Å². The molecular formula is C16H22O. The van der Waals surface area contributed by atoms with E-state index in [2.05, 4.69) is 44.7 Å². The van der Waals surface area contributed by atoms with Crippen molar-refractivity contribution in [2.75, 3.05) is 6.61 Å². The van der Waals surface area contributed by atoms with Gasteiger partial charge in [0.1, 0.15) is 0 Å². The lowest BCUT2D eigenvalue weighted by atomic mass is 10.0. The third kappa shape index (κ3) is 5.01. The van der Waals surface area contributed by atoms with Crippen LogP contribution in [-0.2, 0) is 11.3 Å². The van der Waals surface area contributed by atoms with E-state index in [1.807, 2.05) is 13.0 Å². The maximum Gasteiger partial charge on any atom is 0.0721 e. The fourth-order valence-electron chi connectivity index (χ4n) is 1.58. The van der Waals surface area contributed by atoms with Gasteiger partial charge in [0.05, 0.1) is 13.2 Å². The number of ether oxygens (including phenoxy) is 1. The fraction of sp³-hybridized carbons (Fsp3) is 0.375. The third-order valence-electron chi connectivity index (χ3n) is 2.65. The Morgan fingerprint density at radius 1 is 1.29 bits per heavy atom. The summed E-state index contributed by atoms with van der Waals surface area (Å²) in [6, 6.07) is 8.63. The predicted octanol–water partition coefficient (Wildman–Crippen LogP) is 4.46. The molecule has 0 saturated carbocycles. The molecule has 0 unspecified atom stereocenters. The van der Waals surface area contributed by atoms with Gasteiger partial charge in [0, 0.05) is 0 Å². The third-order valence-corrected chi connectivity index (χ3v) is 2.65. The molecule has 0 spiro atoms. The summed E-state index contributed by atoms with van der Waals surface area (Å²) < 4.78 is 5.62. The van der Waals surface area contributed by atoms with Crippen molar-refractivity contribution in [3.8, 4) is 0 Å². The minimum Gasteiger partial charge on any atom is -0.372 e. The maximum atomic E-state index is 5.62.